The molecule has 4 aliphatic rings. The number of sulfonamides is 1. The fourth-order valence-corrected chi connectivity index (χ4v) is 5.70. The number of hydrogen-bond donors (Lipinski definition) is 2. The SMILES string of the molecule is C/C(=C\C(=O)NCCS(N)(=O)=O)C12CC3CC(CC(C3)C1)C2. The summed E-state index contributed by atoms with van der Waals surface area (Å²) in [5.74, 6) is 2.13. The van der Waals surface area contributed by atoms with Crippen molar-refractivity contribution in [2.24, 2.45) is 28.3 Å². The molecule has 0 saturated heterocycles. The molecule has 0 aromatic carbocycles. The molecule has 3 N–H and O–H groups in total. The van der Waals surface area contributed by atoms with Gasteiger partial charge in [-0.3, -0.25) is 4.79 Å². The van der Waals surface area contributed by atoms with Gasteiger partial charge < -0.3 is 5.32 Å². The summed E-state index contributed by atoms with van der Waals surface area (Å²) >= 11 is 0. The molecule has 5 nitrogen and oxygen atoms in total. The van der Waals surface area contributed by atoms with Gasteiger partial charge in [-0.1, -0.05) is 5.57 Å². The van der Waals surface area contributed by atoms with Crippen LogP contribution in [0.3, 0.4) is 0 Å². The lowest BCUT2D eigenvalue weighted by molar-refractivity contribution is -0.116. The second kappa shape index (κ2) is 5.64. The number of hydrogen-bond acceptors (Lipinski definition) is 3. The number of amides is 1. The van der Waals surface area contributed by atoms with E-state index in [2.05, 4.69) is 12.2 Å². The Morgan fingerprint density at radius 1 is 1.18 bits per heavy atom. The van der Waals surface area contributed by atoms with E-state index >= 15 is 0 Å². The van der Waals surface area contributed by atoms with Crippen LogP contribution < -0.4 is 10.5 Å². The first-order valence-corrected chi connectivity index (χ1v) is 9.94. The normalized spacial score (nSPS) is 37.4. The van der Waals surface area contributed by atoms with Crippen molar-refractivity contribution in [3.05, 3.63) is 11.6 Å². The Hall–Kier alpha value is -0.880. The maximum Gasteiger partial charge on any atom is 0.243 e. The molecule has 4 bridgehead atoms. The van der Waals surface area contributed by atoms with Crippen molar-refractivity contribution in [2.75, 3.05) is 12.3 Å². The first-order chi connectivity index (χ1) is 10.3. The highest BCUT2D eigenvalue weighted by Gasteiger charge is 2.51. The minimum Gasteiger partial charge on any atom is -0.351 e. The van der Waals surface area contributed by atoms with Crippen molar-refractivity contribution in [1.29, 1.82) is 0 Å². The number of primary sulfonamides is 1. The van der Waals surface area contributed by atoms with Gasteiger partial charge in [0.25, 0.3) is 0 Å². The van der Waals surface area contributed by atoms with Crippen molar-refractivity contribution in [2.45, 2.75) is 45.4 Å². The van der Waals surface area contributed by atoms with Gasteiger partial charge >= 0.3 is 0 Å². The second-order valence-electron chi connectivity index (χ2n) is 7.68. The maximum atomic E-state index is 12.0. The molecule has 0 spiro atoms. The molecule has 0 radical (unpaired) electrons. The topological polar surface area (TPSA) is 89.3 Å². The Morgan fingerprint density at radius 2 is 1.68 bits per heavy atom. The molecule has 1 amide bonds. The summed E-state index contributed by atoms with van der Waals surface area (Å²) < 4.78 is 21.8. The molecule has 0 aromatic heterocycles. The minimum atomic E-state index is -3.52. The second-order valence-corrected chi connectivity index (χ2v) is 9.42. The fourth-order valence-electron chi connectivity index (χ4n) is 5.31. The Morgan fingerprint density at radius 3 is 2.14 bits per heavy atom. The van der Waals surface area contributed by atoms with Crippen molar-refractivity contribution >= 4 is 15.9 Å². The third kappa shape index (κ3) is 3.38. The predicted octanol–water partition coefficient (Wildman–Crippen LogP) is 1.55. The van der Waals surface area contributed by atoms with Crippen LogP contribution >= 0.6 is 0 Å². The van der Waals surface area contributed by atoms with Gasteiger partial charge in [0.05, 0.1) is 5.75 Å². The van der Waals surface area contributed by atoms with E-state index in [9.17, 15) is 13.2 Å². The summed E-state index contributed by atoms with van der Waals surface area (Å²) in [6.45, 7) is 2.15. The molecule has 0 heterocycles. The molecule has 124 valence electrons. The van der Waals surface area contributed by atoms with E-state index in [-0.39, 0.29) is 23.6 Å². The van der Waals surface area contributed by atoms with Crippen LogP contribution in [-0.4, -0.2) is 26.6 Å². The van der Waals surface area contributed by atoms with Crippen LogP contribution in [0.15, 0.2) is 11.6 Å². The van der Waals surface area contributed by atoms with Crippen LogP contribution in [-0.2, 0) is 14.8 Å². The van der Waals surface area contributed by atoms with Gasteiger partial charge in [-0.25, -0.2) is 13.6 Å². The summed E-state index contributed by atoms with van der Waals surface area (Å²) in [6, 6.07) is 0. The smallest absolute Gasteiger partial charge is 0.243 e. The van der Waals surface area contributed by atoms with E-state index in [1.807, 2.05) is 0 Å². The molecule has 0 atom stereocenters. The number of rotatable bonds is 5. The number of carbonyl (C=O) groups is 1. The quantitative estimate of drug-likeness (QED) is 0.751. The lowest BCUT2D eigenvalue weighted by Gasteiger charge is -2.57. The fraction of sp³-hybridized carbons (Fsp3) is 0.812. The zero-order valence-electron chi connectivity index (χ0n) is 13.2. The summed E-state index contributed by atoms with van der Waals surface area (Å²) in [5.41, 5.74) is 1.41. The highest BCUT2D eigenvalue weighted by atomic mass is 32.2. The third-order valence-electron chi connectivity index (χ3n) is 5.91. The Balaban J connectivity index is 1.63. The van der Waals surface area contributed by atoms with Crippen molar-refractivity contribution in [3.8, 4) is 0 Å². The molecule has 0 unspecified atom stereocenters. The highest BCUT2D eigenvalue weighted by molar-refractivity contribution is 7.89. The largest absolute Gasteiger partial charge is 0.351 e. The average molecular weight is 326 g/mol. The minimum absolute atomic E-state index is 0.0717. The molecule has 6 heteroatoms. The van der Waals surface area contributed by atoms with Crippen LogP contribution in [0.1, 0.15) is 45.4 Å². The molecular weight excluding hydrogens is 300 g/mol. The van der Waals surface area contributed by atoms with Crippen LogP contribution in [0.4, 0.5) is 0 Å². The van der Waals surface area contributed by atoms with Gasteiger partial charge in [0.2, 0.25) is 15.9 Å². The first-order valence-electron chi connectivity index (χ1n) is 8.23. The van der Waals surface area contributed by atoms with Crippen molar-refractivity contribution in [1.82, 2.24) is 5.32 Å². The van der Waals surface area contributed by atoms with Gasteiger partial charge in [0, 0.05) is 12.6 Å². The van der Waals surface area contributed by atoms with Crippen LogP contribution in [0.2, 0.25) is 0 Å². The maximum absolute atomic E-state index is 12.0. The predicted molar refractivity (Wildman–Crippen MR) is 85.3 cm³/mol. The van der Waals surface area contributed by atoms with Crippen molar-refractivity contribution < 1.29 is 13.2 Å². The van der Waals surface area contributed by atoms with Gasteiger partial charge in [0.15, 0.2) is 0 Å². The lowest BCUT2D eigenvalue weighted by atomic mass is 9.48. The van der Waals surface area contributed by atoms with Crippen molar-refractivity contribution in [3.63, 3.8) is 0 Å². The molecule has 4 aliphatic carbocycles. The van der Waals surface area contributed by atoms with E-state index in [1.54, 1.807) is 6.08 Å². The van der Waals surface area contributed by atoms with E-state index < -0.39 is 10.0 Å². The lowest BCUT2D eigenvalue weighted by Crippen LogP contribution is -2.46. The number of carbonyl (C=O) groups excluding carboxylic acids is 1. The summed E-state index contributed by atoms with van der Waals surface area (Å²) in [6.07, 6.45) is 9.52. The standard InChI is InChI=1S/C16H26N2O3S/c1-11(4-15(19)18-2-3-22(17,20)21)16-8-12-5-13(9-16)7-14(6-12)10-16/h4,12-14H,2-3,5-10H2,1H3,(H,18,19)(H2,17,20,21)/b11-4+. The van der Waals surface area contributed by atoms with Crippen LogP contribution in [0.5, 0.6) is 0 Å². The van der Waals surface area contributed by atoms with E-state index in [0.717, 1.165) is 17.8 Å². The molecular formula is C16H26N2O3S. The zero-order valence-corrected chi connectivity index (χ0v) is 14.0. The molecule has 0 aromatic rings. The molecule has 4 saturated carbocycles. The van der Waals surface area contributed by atoms with Gasteiger partial charge in [-0.15, -0.1) is 0 Å². The summed E-state index contributed by atoms with van der Waals surface area (Å²) in [5, 5.41) is 7.56. The Bertz CT molecular complexity index is 559. The molecule has 4 rings (SSSR count). The average Bonchev–Trinajstić information content (AvgIpc) is 2.35. The van der Waals surface area contributed by atoms with Gasteiger partial charge in [-0.05, 0) is 68.6 Å². The zero-order chi connectivity index (χ0) is 16.0. The summed E-state index contributed by atoms with van der Waals surface area (Å²) in [7, 11) is -3.52. The molecule has 22 heavy (non-hydrogen) atoms. The Labute approximate surface area is 132 Å². The van der Waals surface area contributed by atoms with Gasteiger partial charge in [0.1, 0.15) is 0 Å². The van der Waals surface area contributed by atoms with E-state index in [0.29, 0.717) is 0 Å². The third-order valence-corrected chi connectivity index (χ3v) is 6.68. The number of nitrogens with two attached hydrogens (primary N) is 1. The summed E-state index contributed by atoms with van der Waals surface area (Å²) in [4.78, 5) is 12.0. The highest BCUT2D eigenvalue weighted by Crippen LogP contribution is 2.62. The van der Waals surface area contributed by atoms with E-state index in [1.165, 1.54) is 44.1 Å². The first kappa shape index (κ1) is 16.0. The molecule has 4 fully saturated rings. The Kier molecular flexibility index (Phi) is 4.10. The number of allylic oxidation sites excluding steroid dienone is 1. The van der Waals surface area contributed by atoms with Crippen LogP contribution in [0.25, 0.3) is 0 Å². The molecule has 0 aliphatic heterocycles. The van der Waals surface area contributed by atoms with Gasteiger partial charge in [-0.2, -0.15) is 0 Å². The van der Waals surface area contributed by atoms with E-state index in [4.69, 9.17) is 5.14 Å². The number of nitrogens with one attached hydrogen (secondary N) is 1. The monoisotopic (exact) mass is 326 g/mol. The van der Waals surface area contributed by atoms with Crippen LogP contribution in [0, 0.1) is 23.2 Å².